The topological polar surface area (TPSA) is 46.9 Å². The molecule has 0 radical (unpaired) electrons. The second-order valence-corrected chi connectivity index (χ2v) is 5.93. The Kier molecular flexibility index (Phi) is 4.25. The van der Waals surface area contributed by atoms with E-state index in [-0.39, 0.29) is 11.7 Å². The molecule has 6 heteroatoms. The van der Waals surface area contributed by atoms with E-state index in [9.17, 15) is 9.18 Å². The van der Waals surface area contributed by atoms with E-state index in [1.165, 1.54) is 16.8 Å². The van der Waals surface area contributed by atoms with Gasteiger partial charge in [0.05, 0.1) is 5.69 Å². The van der Waals surface area contributed by atoms with E-state index >= 15 is 0 Å². The van der Waals surface area contributed by atoms with E-state index in [1.807, 2.05) is 18.2 Å². The first kappa shape index (κ1) is 15.4. The molecule has 0 saturated carbocycles. The van der Waals surface area contributed by atoms with Crippen LogP contribution >= 0.6 is 15.9 Å². The average molecular weight is 374 g/mol. The van der Waals surface area contributed by atoms with E-state index < -0.39 is 0 Å². The molecule has 23 heavy (non-hydrogen) atoms. The van der Waals surface area contributed by atoms with Crippen molar-refractivity contribution in [2.24, 2.45) is 7.05 Å². The summed E-state index contributed by atoms with van der Waals surface area (Å²) >= 11 is 3.36. The van der Waals surface area contributed by atoms with Crippen LogP contribution in [0.3, 0.4) is 0 Å². The number of nitrogens with one attached hydrogen (secondary N) is 1. The van der Waals surface area contributed by atoms with E-state index in [2.05, 4.69) is 26.3 Å². The average Bonchev–Trinajstić information content (AvgIpc) is 2.90. The summed E-state index contributed by atoms with van der Waals surface area (Å²) in [7, 11) is 1.70. The number of anilines is 1. The van der Waals surface area contributed by atoms with Crippen molar-refractivity contribution in [3.05, 3.63) is 70.6 Å². The lowest BCUT2D eigenvalue weighted by Gasteiger charge is -2.05. The van der Waals surface area contributed by atoms with Gasteiger partial charge in [0.25, 0.3) is 5.91 Å². The molecular weight excluding hydrogens is 361 g/mol. The first-order valence-electron chi connectivity index (χ1n) is 6.90. The second-order valence-electron chi connectivity index (χ2n) is 5.01. The van der Waals surface area contributed by atoms with Crippen molar-refractivity contribution < 1.29 is 9.18 Å². The number of nitrogens with zero attached hydrogens (tertiary/aromatic N) is 2. The Morgan fingerprint density at radius 3 is 2.61 bits per heavy atom. The highest BCUT2D eigenvalue weighted by molar-refractivity contribution is 9.10. The summed E-state index contributed by atoms with van der Waals surface area (Å²) in [6, 6.07) is 15.0. The molecule has 3 aromatic rings. The maximum absolute atomic E-state index is 13.0. The van der Waals surface area contributed by atoms with Crippen molar-refractivity contribution >= 4 is 27.5 Å². The van der Waals surface area contributed by atoms with Gasteiger partial charge in [-0.25, -0.2) is 4.39 Å². The highest BCUT2D eigenvalue weighted by Crippen LogP contribution is 2.21. The number of halogens is 2. The van der Waals surface area contributed by atoms with Crippen LogP contribution in [0.15, 0.2) is 59.1 Å². The SMILES string of the molecule is Cn1nc(-c2ccc(F)cc2)cc1C(=O)Nc1cccc(Br)c1. The number of benzene rings is 2. The van der Waals surface area contributed by atoms with Crippen molar-refractivity contribution in [1.29, 1.82) is 0 Å². The van der Waals surface area contributed by atoms with Gasteiger partial charge in [-0.3, -0.25) is 9.48 Å². The predicted octanol–water partition coefficient (Wildman–Crippen LogP) is 4.24. The zero-order valence-corrected chi connectivity index (χ0v) is 13.8. The number of carbonyl (C=O) groups is 1. The summed E-state index contributed by atoms with van der Waals surface area (Å²) in [5.74, 6) is -0.566. The molecule has 0 aliphatic rings. The molecule has 0 unspecified atom stereocenters. The van der Waals surface area contributed by atoms with Crippen LogP contribution in [-0.2, 0) is 7.05 Å². The Bertz CT molecular complexity index is 859. The third-order valence-electron chi connectivity index (χ3n) is 3.33. The molecular formula is C17H13BrFN3O. The molecule has 1 N–H and O–H groups in total. The Morgan fingerprint density at radius 2 is 1.91 bits per heavy atom. The Morgan fingerprint density at radius 1 is 1.17 bits per heavy atom. The number of hydrogen-bond donors (Lipinski definition) is 1. The summed E-state index contributed by atoms with van der Waals surface area (Å²) in [6.45, 7) is 0. The summed E-state index contributed by atoms with van der Waals surface area (Å²) in [5.41, 5.74) is 2.48. The standard InChI is InChI=1S/C17H13BrFN3O/c1-22-16(17(23)20-14-4-2-3-12(18)9-14)10-15(21-22)11-5-7-13(19)8-6-11/h2-10H,1H3,(H,20,23). The van der Waals surface area contributed by atoms with Crippen molar-refractivity contribution in [3.63, 3.8) is 0 Å². The van der Waals surface area contributed by atoms with Gasteiger partial charge in [0.1, 0.15) is 11.5 Å². The van der Waals surface area contributed by atoms with Gasteiger partial charge in [0, 0.05) is 22.8 Å². The first-order chi connectivity index (χ1) is 11.0. The van der Waals surface area contributed by atoms with Gasteiger partial charge in [0.15, 0.2) is 0 Å². The molecule has 0 atom stereocenters. The smallest absolute Gasteiger partial charge is 0.273 e. The van der Waals surface area contributed by atoms with Crippen LogP contribution in [0.25, 0.3) is 11.3 Å². The molecule has 1 aromatic heterocycles. The number of carbonyl (C=O) groups excluding carboxylic acids is 1. The van der Waals surface area contributed by atoms with E-state index in [4.69, 9.17) is 0 Å². The molecule has 2 aromatic carbocycles. The highest BCUT2D eigenvalue weighted by atomic mass is 79.9. The minimum atomic E-state index is -0.308. The number of aromatic nitrogens is 2. The van der Waals surface area contributed by atoms with Gasteiger partial charge in [-0.15, -0.1) is 0 Å². The van der Waals surface area contributed by atoms with Gasteiger partial charge in [-0.1, -0.05) is 22.0 Å². The Labute approximate surface area is 141 Å². The molecule has 1 amide bonds. The van der Waals surface area contributed by atoms with Gasteiger partial charge >= 0.3 is 0 Å². The van der Waals surface area contributed by atoms with Crippen LogP contribution in [0.1, 0.15) is 10.5 Å². The lowest BCUT2D eigenvalue weighted by molar-refractivity contribution is 0.101. The summed E-state index contributed by atoms with van der Waals surface area (Å²) in [6.07, 6.45) is 0. The fraction of sp³-hybridized carbons (Fsp3) is 0.0588. The molecule has 1 heterocycles. The zero-order chi connectivity index (χ0) is 16.4. The van der Waals surface area contributed by atoms with Gasteiger partial charge < -0.3 is 5.32 Å². The van der Waals surface area contributed by atoms with Crippen LogP contribution in [0.4, 0.5) is 10.1 Å². The Balaban J connectivity index is 1.85. The zero-order valence-electron chi connectivity index (χ0n) is 12.3. The molecule has 116 valence electrons. The molecule has 0 saturated heterocycles. The minimum Gasteiger partial charge on any atom is -0.321 e. The number of rotatable bonds is 3. The Hall–Kier alpha value is -2.47. The van der Waals surface area contributed by atoms with Crippen molar-refractivity contribution in [2.45, 2.75) is 0 Å². The maximum Gasteiger partial charge on any atom is 0.273 e. The molecule has 4 nitrogen and oxygen atoms in total. The summed E-state index contributed by atoms with van der Waals surface area (Å²) < 4.78 is 15.4. The van der Waals surface area contributed by atoms with Gasteiger partial charge in [-0.05, 0) is 48.5 Å². The maximum atomic E-state index is 13.0. The lowest BCUT2D eigenvalue weighted by atomic mass is 10.1. The third kappa shape index (κ3) is 3.48. The monoisotopic (exact) mass is 373 g/mol. The fourth-order valence-corrected chi connectivity index (χ4v) is 2.60. The third-order valence-corrected chi connectivity index (χ3v) is 3.83. The van der Waals surface area contributed by atoms with Crippen LogP contribution in [0.5, 0.6) is 0 Å². The molecule has 0 fully saturated rings. The van der Waals surface area contributed by atoms with Gasteiger partial charge in [-0.2, -0.15) is 5.10 Å². The van der Waals surface area contributed by atoms with Crippen LogP contribution in [-0.4, -0.2) is 15.7 Å². The van der Waals surface area contributed by atoms with Crippen molar-refractivity contribution in [2.75, 3.05) is 5.32 Å². The predicted molar refractivity (Wildman–Crippen MR) is 90.7 cm³/mol. The number of amides is 1. The molecule has 0 aliphatic carbocycles. The summed E-state index contributed by atoms with van der Waals surface area (Å²) in [4.78, 5) is 12.4. The molecule has 0 aliphatic heterocycles. The number of aryl methyl sites for hydroxylation is 1. The van der Waals surface area contributed by atoms with E-state index in [0.29, 0.717) is 17.1 Å². The van der Waals surface area contributed by atoms with E-state index in [0.717, 1.165) is 10.0 Å². The normalized spacial score (nSPS) is 10.6. The quantitative estimate of drug-likeness (QED) is 0.746. The number of hydrogen-bond acceptors (Lipinski definition) is 2. The van der Waals surface area contributed by atoms with E-state index in [1.54, 1.807) is 31.3 Å². The van der Waals surface area contributed by atoms with Crippen molar-refractivity contribution in [1.82, 2.24) is 9.78 Å². The molecule has 0 bridgehead atoms. The molecule has 0 spiro atoms. The second kappa shape index (κ2) is 6.34. The summed E-state index contributed by atoms with van der Waals surface area (Å²) in [5, 5.41) is 7.14. The fourth-order valence-electron chi connectivity index (χ4n) is 2.20. The van der Waals surface area contributed by atoms with Crippen molar-refractivity contribution in [3.8, 4) is 11.3 Å². The van der Waals surface area contributed by atoms with Crippen LogP contribution in [0.2, 0.25) is 0 Å². The first-order valence-corrected chi connectivity index (χ1v) is 7.69. The van der Waals surface area contributed by atoms with Gasteiger partial charge in [0.2, 0.25) is 0 Å². The largest absolute Gasteiger partial charge is 0.321 e. The molecule has 3 rings (SSSR count). The lowest BCUT2D eigenvalue weighted by Crippen LogP contribution is -2.15. The highest BCUT2D eigenvalue weighted by Gasteiger charge is 2.14. The van der Waals surface area contributed by atoms with Crippen LogP contribution < -0.4 is 5.32 Å². The van der Waals surface area contributed by atoms with Crippen LogP contribution in [0, 0.1) is 5.82 Å². The minimum absolute atomic E-state index is 0.258.